The molecule has 3 aromatic rings. The molecule has 1 aliphatic heterocycles. The van der Waals surface area contributed by atoms with E-state index in [0.717, 1.165) is 16.7 Å². The molecule has 0 amide bonds. The van der Waals surface area contributed by atoms with Crippen LogP contribution in [0.3, 0.4) is 0 Å². The summed E-state index contributed by atoms with van der Waals surface area (Å²) in [5.41, 5.74) is 5.96. The topological polar surface area (TPSA) is 410 Å². The SMILES string of the molecule is Cc1cc(CNCC(O)C(O)C(O)C(O)CO)c(O)c(CN2CCCN(Cc3cc(C)cc(CNCC(O)C(O)C(O)C(O)CO)c3O)CCN(Cc3cc(C)cc(CNCC(O)C(O)C(O)C(O)CO)c3O)CC2)c1. The lowest BCUT2D eigenvalue weighted by molar-refractivity contribution is -0.114. The van der Waals surface area contributed by atoms with Crippen LogP contribution < -0.4 is 16.0 Å². The van der Waals surface area contributed by atoms with Crippen LogP contribution in [0.5, 0.6) is 17.2 Å². The summed E-state index contributed by atoms with van der Waals surface area (Å²) in [5, 5.41) is 193. The van der Waals surface area contributed by atoms with Gasteiger partial charge in [-0.1, -0.05) is 53.1 Å². The standard InChI is InChI=1S/C52H86N6O18/c1-29-11-32(17-53-20-38(62)47(71)50(74)41(65)26-59)44(68)35(14-29)23-56-5-4-6-57(24-36-15-30(2)12-33(45(36)69)18-54-21-39(63)48(72)51(75)42(66)27-60)8-10-58(9-7-56)25-37-16-31(3)13-34(46(37)70)19-55-22-40(64)49(73)52(76)43(67)28-61/h11-16,38-43,47-55,59-76H,4-10,17-28H2,1-3H3. The number of hydrogen-bond acceptors (Lipinski definition) is 24. The normalized spacial score (nSPS) is 19.5. The summed E-state index contributed by atoms with van der Waals surface area (Å²) in [7, 11) is 0. The van der Waals surface area contributed by atoms with Crippen molar-refractivity contribution in [3.8, 4) is 17.2 Å². The van der Waals surface area contributed by atoms with Crippen LogP contribution in [0.1, 0.15) is 56.5 Å². The van der Waals surface area contributed by atoms with Gasteiger partial charge in [-0.2, -0.15) is 0 Å². The van der Waals surface area contributed by atoms with Gasteiger partial charge >= 0.3 is 0 Å². The van der Waals surface area contributed by atoms with E-state index in [1.54, 1.807) is 18.2 Å². The molecule has 24 heteroatoms. The van der Waals surface area contributed by atoms with E-state index < -0.39 is 93.1 Å². The Hall–Kier alpha value is -3.78. The van der Waals surface area contributed by atoms with Crippen molar-refractivity contribution < 1.29 is 91.9 Å². The molecule has 12 atom stereocenters. The van der Waals surface area contributed by atoms with E-state index in [2.05, 4.69) is 30.7 Å². The third-order valence-corrected chi connectivity index (χ3v) is 13.8. The van der Waals surface area contributed by atoms with Gasteiger partial charge in [-0.25, -0.2) is 0 Å². The van der Waals surface area contributed by atoms with Gasteiger partial charge in [0.05, 0.1) is 38.1 Å². The molecule has 24 nitrogen and oxygen atoms in total. The first kappa shape index (κ1) is 64.7. The Morgan fingerprint density at radius 1 is 0.355 bits per heavy atom. The predicted octanol–water partition coefficient (Wildman–Crippen LogP) is -5.48. The molecule has 0 aromatic heterocycles. The molecule has 0 spiro atoms. The summed E-state index contributed by atoms with van der Waals surface area (Å²) in [5.74, 6) is 0.0543. The lowest BCUT2D eigenvalue weighted by Gasteiger charge is -2.33. The Balaban J connectivity index is 1.57. The van der Waals surface area contributed by atoms with Gasteiger partial charge < -0.3 is 108 Å². The predicted molar refractivity (Wildman–Crippen MR) is 277 cm³/mol. The Bertz CT molecular complexity index is 2100. The van der Waals surface area contributed by atoms with Crippen LogP contribution in [0.2, 0.25) is 0 Å². The van der Waals surface area contributed by atoms with E-state index >= 15 is 0 Å². The first-order chi connectivity index (χ1) is 36.0. The van der Waals surface area contributed by atoms with Gasteiger partial charge in [-0.05, 0) is 40.3 Å². The summed E-state index contributed by atoms with van der Waals surface area (Å²) in [6, 6.07) is 11.0. The highest BCUT2D eigenvalue weighted by atomic mass is 16.4. The van der Waals surface area contributed by atoms with Crippen molar-refractivity contribution in [1.29, 1.82) is 0 Å². The molecule has 12 unspecified atom stereocenters. The summed E-state index contributed by atoms with van der Waals surface area (Å²) in [6.45, 7) is 7.09. The maximum absolute atomic E-state index is 11.7. The second kappa shape index (κ2) is 31.7. The summed E-state index contributed by atoms with van der Waals surface area (Å²) >= 11 is 0. The summed E-state index contributed by atoms with van der Waals surface area (Å²) in [6.07, 6.45) is -19.4. The largest absolute Gasteiger partial charge is 0.507 e. The third-order valence-electron chi connectivity index (χ3n) is 13.8. The van der Waals surface area contributed by atoms with E-state index in [-0.39, 0.29) is 56.5 Å². The number of nitrogens with zero attached hydrogens (tertiary/aromatic N) is 3. The number of aliphatic hydroxyl groups is 15. The number of hydrogen-bond donors (Lipinski definition) is 21. The Morgan fingerprint density at radius 3 is 0.829 bits per heavy atom. The molecule has 1 saturated heterocycles. The third kappa shape index (κ3) is 19.2. The number of nitrogens with one attached hydrogen (secondary N) is 3. The van der Waals surface area contributed by atoms with E-state index in [1.807, 2.05) is 39.0 Å². The Kier molecular flexibility index (Phi) is 27.0. The van der Waals surface area contributed by atoms with Crippen LogP contribution in [0.4, 0.5) is 0 Å². The van der Waals surface area contributed by atoms with Crippen molar-refractivity contribution in [3.63, 3.8) is 0 Å². The van der Waals surface area contributed by atoms with Crippen LogP contribution >= 0.6 is 0 Å². The van der Waals surface area contributed by atoms with Crippen molar-refractivity contribution in [2.24, 2.45) is 0 Å². The Labute approximate surface area is 443 Å². The number of phenols is 3. The van der Waals surface area contributed by atoms with Gasteiger partial charge in [0, 0.05) is 118 Å². The van der Waals surface area contributed by atoms with Gasteiger partial charge in [0.2, 0.25) is 0 Å². The first-order valence-electron chi connectivity index (χ1n) is 25.7. The molecular formula is C52H86N6O18. The number of aromatic hydroxyl groups is 3. The van der Waals surface area contributed by atoms with Crippen LogP contribution in [0, 0.1) is 20.8 Å². The fourth-order valence-electron chi connectivity index (χ4n) is 9.30. The minimum Gasteiger partial charge on any atom is -0.507 e. The fraction of sp³-hybridized carbons (Fsp3) is 0.654. The Morgan fingerprint density at radius 2 is 0.579 bits per heavy atom. The molecule has 1 aliphatic rings. The lowest BCUT2D eigenvalue weighted by Crippen LogP contribution is -2.48. The molecule has 0 saturated carbocycles. The van der Waals surface area contributed by atoms with Crippen molar-refractivity contribution in [3.05, 3.63) is 86.5 Å². The molecule has 1 heterocycles. The second-order valence-electron chi connectivity index (χ2n) is 20.3. The molecule has 0 radical (unpaired) electrons. The summed E-state index contributed by atoms with van der Waals surface area (Å²) in [4.78, 5) is 6.61. The highest BCUT2D eigenvalue weighted by Crippen LogP contribution is 2.30. The van der Waals surface area contributed by atoms with Gasteiger partial charge in [-0.3, -0.25) is 14.7 Å². The minimum absolute atomic E-state index is 0.00763. The molecule has 4 rings (SSSR count). The molecule has 3 aromatic carbocycles. The molecule has 76 heavy (non-hydrogen) atoms. The van der Waals surface area contributed by atoms with Crippen LogP contribution in [0.15, 0.2) is 36.4 Å². The molecule has 0 bridgehead atoms. The molecule has 21 N–H and O–H groups in total. The monoisotopic (exact) mass is 1080 g/mol. The van der Waals surface area contributed by atoms with Gasteiger partial charge in [-0.15, -0.1) is 0 Å². The van der Waals surface area contributed by atoms with Crippen LogP contribution in [-0.4, -0.2) is 259 Å². The number of rotatable bonds is 30. The van der Waals surface area contributed by atoms with Crippen molar-refractivity contribution >= 4 is 0 Å². The minimum atomic E-state index is -1.79. The maximum Gasteiger partial charge on any atom is 0.124 e. The number of aryl methyl sites for hydroxylation is 3. The van der Waals surface area contributed by atoms with E-state index in [1.165, 1.54) is 0 Å². The van der Waals surface area contributed by atoms with Gasteiger partial charge in [0.25, 0.3) is 0 Å². The second-order valence-corrected chi connectivity index (χ2v) is 20.3. The zero-order chi connectivity index (χ0) is 56.4. The first-order valence-corrected chi connectivity index (χ1v) is 25.7. The van der Waals surface area contributed by atoms with Crippen molar-refractivity contribution in [2.45, 2.75) is 140 Å². The molecule has 432 valence electrons. The van der Waals surface area contributed by atoms with Gasteiger partial charge in [0.15, 0.2) is 0 Å². The highest BCUT2D eigenvalue weighted by Gasteiger charge is 2.32. The van der Waals surface area contributed by atoms with Crippen LogP contribution in [-0.2, 0) is 39.3 Å². The fourth-order valence-corrected chi connectivity index (χ4v) is 9.30. The lowest BCUT2D eigenvalue weighted by atomic mass is 10.0. The van der Waals surface area contributed by atoms with Crippen molar-refractivity contribution in [1.82, 2.24) is 30.7 Å². The average Bonchev–Trinajstić information content (AvgIpc) is 3.40. The molecular weight excluding hydrogens is 997 g/mol. The zero-order valence-corrected chi connectivity index (χ0v) is 43.7. The maximum atomic E-state index is 11.7. The number of benzene rings is 3. The van der Waals surface area contributed by atoms with E-state index in [9.17, 15) is 76.6 Å². The average molecular weight is 1080 g/mol. The quantitative estimate of drug-likeness (QED) is 0.0296. The van der Waals surface area contributed by atoms with Crippen LogP contribution in [0.25, 0.3) is 0 Å². The molecule has 0 aliphatic carbocycles. The number of phenolic OH excluding ortho intramolecular Hbond substituents is 3. The summed E-state index contributed by atoms with van der Waals surface area (Å²) < 4.78 is 0. The van der Waals surface area contributed by atoms with Gasteiger partial charge in [0.1, 0.15) is 72.2 Å². The smallest absolute Gasteiger partial charge is 0.124 e. The number of aliphatic hydroxyl groups excluding tert-OH is 15. The molecule has 1 fully saturated rings. The van der Waals surface area contributed by atoms with Crippen molar-refractivity contribution in [2.75, 3.05) is 78.7 Å². The van der Waals surface area contributed by atoms with E-state index in [4.69, 9.17) is 15.3 Å². The van der Waals surface area contributed by atoms with E-state index in [0.29, 0.717) is 98.7 Å². The zero-order valence-electron chi connectivity index (χ0n) is 43.7. The highest BCUT2D eigenvalue weighted by molar-refractivity contribution is 5.45.